The number of ether oxygens (including phenoxy) is 1. The van der Waals surface area contributed by atoms with Crippen molar-refractivity contribution in [1.82, 2.24) is 19.4 Å². The first-order valence-corrected chi connectivity index (χ1v) is 15.0. The maximum absolute atomic E-state index is 10.2. The van der Waals surface area contributed by atoms with Crippen LogP contribution in [0.25, 0.3) is 22.2 Å². The van der Waals surface area contributed by atoms with Crippen LogP contribution < -0.4 is 10.5 Å². The van der Waals surface area contributed by atoms with Crippen LogP contribution in [0.4, 0.5) is 5.82 Å². The summed E-state index contributed by atoms with van der Waals surface area (Å²) in [6.07, 6.45) is 12.5. The first-order valence-electron chi connectivity index (χ1n) is 15.0. The van der Waals surface area contributed by atoms with Gasteiger partial charge in [0.2, 0.25) is 0 Å². The standard InChI is InChI=1S/C33H37N5O2/c34-32-31-28(23-7-6-22-8-11-29(40-30(22)14-23)21-4-2-1-3-5-21)18-38(33(31)36-19-35-32)26-12-20(13-26)17-37-24-9-10-25(37)16-27(39)15-24/h1-7,14,18-20,24-27,29,39H,8-13,15-17H2,(H2,34,35,36)/t20?,24-,25-,26?,29?/m1/s1. The molecule has 2 bridgehead atoms. The van der Waals surface area contributed by atoms with Crippen LogP contribution in [-0.4, -0.2) is 49.3 Å². The second kappa shape index (κ2) is 9.60. The molecule has 3 fully saturated rings. The Balaban J connectivity index is 1.06. The topological polar surface area (TPSA) is 89.4 Å². The zero-order valence-electron chi connectivity index (χ0n) is 22.8. The first-order chi connectivity index (χ1) is 19.6. The Morgan fingerprint density at radius 3 is 2.52 bits per heavy atom. The fraction of sp³-hybridized carbons (Fsp3) is 0.455. The van der Waals surface area contributed by atoms with Gasteiger partial charge in [0.1, 0.15) is 29.6 Å². The van der Waals surface area contributed by atoms with Crippen molar-refractivity contribution in [2.75, 3.05) is 12.3 Å². The molecule has 8 rings (SSSR count). The van der Waals surface area contributed by atoms with Crippen molar-refractivity contribution in [2.24, 2.45) is 5.92 Å². The van der Waals surface area contributed by atoms with Gasteiger partial charge in [-0.2, -0.15) is 0 Å². The summed E-state index contributed by atoms with van der Waals surface area (Å²) in [7, 11) is 0. The minimum Gasteiger partial charge on any atom is -0.485 e. The number of benzene rings is 2. The van der Waals surface area contributed by atoms with Gasteiger partial charge in [-0.15, -0.1) is 0 Å². The Morgan fingerprint density at radius 1 is 0.925 bits per heavy atom. The number of nitrogens with two attached hydrogens (primary N) is 1. The molecule has 2 saturated heterocycles. The van der Waals surface area contributed by atoms with Gasteiger partial charge in [0, 0.05) is 36.4 Å². The molecule has 7 nitrogen and oxygen atoms in total. The van der Waals surface area contributed by atoms with Gasteiger partial charge in [-0.25, -0.2) is 9.97 Å². The minimum absolute atomic E-state index is 0.0732. The molecule has 1 saturated carbocycles. The SMILES string of the molecule is Nc1ncnc2c1c(-c1ccc3c(c1)OC(c1ccccc1)CC3)cn2C1CC(CN2[C@@H]3CC[C@@H]2CC(O)C3)C1. The number of hydrogen-bond acceptors (Lipinski definition) is 6. The molecule has 1 aliphatic carbocycles. The summed E-state index contributed by atoms with van der Waals surface area (Å²) < 4.78 is 8.88. The van der Waals surface area contributed by atoms with E-state index in [-0.39, 0.29) is 12.2 Å². The number of fused-ring (bicyclic) bond motifs is 4. The average Bonchev–Trinajstić information content (AvgIpc) is 3.45. The summed E-state index contributed by atoms with van der Waals surface area (Å²) in [4.78, 5) is 11.8. The van der Waals surface area contributed by atoms with Crippen LogP contribution in [0.15, 0.2) is 61.1 Å². The molecule has 4 aromatic rings. The van der Waals surface area contributed by atoms with Crippen LogP contribution in [-0.2, 0) is 6.42 Å². The summed E-state index contributed by atoms with van der Waals surface area (Å²) in [6.45, 7) is 1.16. The Hall–Kier alpha value is -3.42. The smallest absolute Gasteiger partial charge is 0.146 e. The maximum atomic E-state index is 10.2. The molecule has 3 N–H and O–H groups in total. The predicted octanol–water partition coefficient (Wildman–Crippen LogP) is 5.69. The van der Waals surface area contributed by atoms with Crippen LogP contribution in [0.3, 0.4) is 0 Å². The summed E-state index contributed by atoms with van der Waals surface area (Å²) in [5.74, 6) is 2.17. The molecule has 3 aliphatic heterocycles. The number of aliphatic hydroxyl groups is 1. The number of nitrogen functional groups attached to an aromatic ring is 1. The summed E-state index contributed by atoms with van der Waals surface area (Å²) in [5.41, 5.74) is 12.1. The van der Waals surface area contributed by atoms with Crippen LogP contribution in [0.1, 0.15) is 68.2 Å². The van der Waals surface area contributed by atoms with E-state index in [0.29, 0.717) is 29.9 Å². The average molecular weight is 536 g/mol. The maximum Gasteiger partial charge on any atom is 0.146 e. The zero-order valence-corrected chi connectivity index (χ0v) is 22.8. The van der Waals surface area contributed by atoms with Crippen molar-refractivity contribution >= 4 is 16.9 Å². The first kappa shape index (κ1) is 24.4. The number of piperidine rings is 1. The third-order valence-electron chi connectivity index (χ3n) is 10.1. The van der Waals surface area contributed by atoms with Crippen molar-refractivity contribution in [3.63, 3.8) is 0 Å². The Bertz CT molecular complexity index is 1530. The van der Waals surface area contributed by atoms with E-state index < -0.39 is 0 Å². The highest BCUT2D eigenvalue weighted by atomic mass is 16.5. The van der Waals surface area contributed by atoms with Crippen molar-refractivity contribution < 1.29 is 9.84 Å². The van der Waals surface area contributed by atoms with Crippen molar-refractivity contribution in [2.45, 2.75) is 81.7 Å². The van der Waals surface area contributed by atoms with Gasteiger partial charge in [0.15, 0.2) is 0 Å². The summed E-state index contributed by atoms with van der Waals surface area (Å²) >= 11 is 0. The number of nitrogens with zero attached hydrogens (tertiary/aromatic N) is 4. The molecule has 1 unspecified atom stereocenters. The van der Waals surface area contributed by atoms with Crippen LogP contribution in [0, 0.1) is 5.92 Å². The highest BCUT2D eigenvalue weighted by Crippen LogP contribution is 2.46. The third-order valence-corrected chi connectivity index (χ3v) is 10.1. The number of rotatable bonds is 5. The summed E-state index contributed by atoms with van der Waals surface area (Å²) in [6, 6.07) is 18.7. The van der Waals surface area contributed by atoms with E-state index in [1.54, 1.807) is 6.33 Å². The van der Waals surface area contributed by atoms with E-state index >= 15 is 0 Å². The minimum atomic E-state index is -0.101. The van der Waals surface area contributed by atoms with Gasteiger partial charge in [0.25, 0.3) is 0 Å². The second-order valence-corrected chi connectivity index (χ2v) is 12.5. The number of anilines is 1. The van der Waals surface area contributed by atoms with Gasteiger partial charge >= 0.3 is 0 Å². The van der Waals surface area contributed by atoms with Gasteiger partial charge in [-0.1, -0.05) is 42.5 Å². The number of aryl methyl sites for hydroxylation is 1. The molecule has 0 radical (unpaired) electrons. The molecule has 0 amide bonds. The van der Waals surface area contributed by atoms with Crippen LogP contribution in [0.5, 0.6) is 5.75 Å². The van der Waals surface area contributed by atoms with Crippen LogP contribution >= 0.6 is 0 Å². The largest absolute Gasteiger partial charge is 0.485 e. The van der Waals surface area contributed by atoms with Gasteiger partial charge in [-0.05, 0) is 80.0 Å². The third kappa shape index (κ3) is 4.10. The van der Waals surface area contributed by atoms with Gasteiger partial charge in [0.05, 0.1) is 11.5 Å². The van der Waals surface area contributed by atoms with E-state index in [9.17, 15) is 5.11 Å². The molecule has 0 spiro atoms. The van der Waals surface area contributed by atoms with Crippen molar-refractivity contribution in [3.05, 3.63) is 72.2 Å². The molecule has 4 aliphatic rings. The van der Waals surface area contributed by atoms with Crippen molar-refractivity contribution in [1.29, 1.82) is 0 Å². The van der Waals surface area contributed by atoms with E-state index in [1.807, 2.05) is 6.07 Å². The molecule has 5 heterocycles. The van der Waals surface area contributed by atoms with E-state index in [0.717, 1.165) is 73.0 Å². The normalized spacial score (nSPS) is 29.6. The lowest BCUT2D eigenvalue weighted by Gasteiger charge is -2.44. The van der Waals surface area contributed by atoms with E-state index in [2.05, 4.69) is 63.1 Å². The highest BCUT2D eigenvalue weighted by molar-refractivity contribution is 6.00. The van der Waals surface area contributed by atoms with E-state index in [1.165, 1.54) is 24.0 Å². The van der Waals surface area contributed by atoms with Crippen LogP contribution in [0.2, 0.25) is 0 Å². The summed E-state index contributed by atoms with van der Waals surface area (Å²) in [5, 5.41) is 11.1. The van der Waals surface area contributed by atoms with E-state index in [4.69, 9.17) is 15.5 Å². The number of hydrogen-bond donors (Lipinski definition) is 2. The molecule has 2 aromatic carbocycles. The molecule has 7 heteroatoms. The fourth-order valence-corrected chi connectivity index (χ4v) is 7.96. The fourth-order valence-electron chi connectivity index (χ4n) is 7.96. The lowest BCUT2D eigenvalue weighted by molar-refractivity contribution is 0.0124. The zero-order chi connectivity index (χ0) is 26.8. The Kier molecular flexibility index (Phi) is 5.85. The lowest BCUT2D eigenvalue weighted by atomic mass is 9.79. The number of aromatic nitrogens is 3. The van der Waals surface area contributed by atoms with Crippen molar-refractivity contribution in [3.8, 4) is 16.9 Å². The monoisotopic (exact) mass is 535 g/mol. The molecule has 2 aromatic heterocycles. The Labute approximate surface area is 235 Å². The molecule has 206 valence electrons. The van der Waals surface area contributed by atoms with Gasteiger partial charge in [-0.3, -0.25) is 4.90 Å². The molecule has 3 atom stereocenters. The molecule has 40 heavy (non-hydrogen) atoms. The lowest BCUT2D eigenvalue weighted by Crippen LogP contribution is -2.48. The number of aliphatic hydroxyl groups excluding tert-OH is 1. The molecular formula is C33H37N5O2. The molecular weight excluding hydrogens is 498 g/mol. The van der Waals surface area contributed by atoms with Gasteiger partial charge < -0.3 is 20.1 Å². The highest BCUT2D eigenvalue weighted by Gasteiger charge is 2.43. The predicted molar refractivity (Wildman–Crippen MR) is 156 cm³/mol. The Morgan fingerprint density at radius 2 is 1.73 bits per heavy atom. The second-order valence-electron chi connectivity index (χ2n) is 12.5. The quantitative estimate of drug-likeness (QED) is 0.342.